The van der Waals surface area contributed by atoms with Crippen molar-refractivity contribution in [3.8, 4) is 0 Å². The summed E-state index contributed by atoms with van der Waals surface area (Å²) in [4.78, 5) is 24.1. The lowest BCUT2D eigenvalue weighted by atomic mass is 9.97. The van der Waals surface area contributed by atoms with Gasteiger partial charge in [-0.2, -0.15) is 0 Å². The zero-order valence-electron chi connectivity index (χ0n) is 14.4. The maximum Gasteiger partial charge on any atom is 0.255 e. The predicted molar refractivity (Wildman–Crippen MR) is 98.5 cm³/mol. The topological polar surface area (TPSA) is 58.2 Å². The summed E-state index contributed by atoms with van der Waals surface area (Å²) >= 11 is 0. The minimum atomic E-state index is -0.182. The maximum absolute atomic E-state index is 12.6. The Hall–Kier alpha value is -2.62. The first-order valence-corrected chi connectivity index (χ1v) is 8.35. The first-order chi connectivity index (χ1) is 11.5. The maximum atomic E-state index is 12.6. The molecule has 4 heteroatoms. The number of nitrogens with one attached hydrogen (secondary N) is 2. The monoisotopic (exact) mass is 324 g/mol. The Morgan fingerprint density at radius 2 is 1.75 bits per heavy atom. The lowest BCUT2D eigenvalue weighted by Gasteiger charge is -2.16. The molecule has 0 bridgehead atoms. The number of amides is 2. The third-order valence-electron chi connectivity index (χ3n) is 4.08. The largest absolute Gasteiger partial charge is 0.326 e. The molecule has 0 radical (unpaired) electrons. The second-order valence-corrected chi connectivity index (χ2v) is 5.83. The van der Waals surface area contributed by atoms with Crippen LogP contribution in [0.4, 0.5) is 11.4 Å². The second-order valence-electron chi connectivity index (χ2n) is 5.83. The van der Waals surface area contributed by atoms with E-state index in [1.165, 1.54) is 0 Å². The highest BCUT2D eigenvalue weighted by Gasteiger charge is 2.13. The second kappa shape index (κ2) is 8.29. The van der Waals surface area contributed by atoms with E-state index in [-0.39, 0.29) is 11.8 Å². The summed E-state index contributed by atoms with van der Waals surface area (Å²) in [5, 5.41) is 5.76. The van der Waals surface area contributed by atoms with Gasteiger partial charge in [-0.25, -0.2) is 0 Å². The molecule has 0 spiro atoms. The molecule has 0 saturated heterocycles. The average Bonchev–Trinajstić information content (AvgIpc) is 2.61. The molecule has 2 aromatic carbocycles. The predicted octanol–water partition coefficient (Wildman–Crippen LogP) is 4.80. The minimum absolute atomic E-state index is 0.0744. The SMILES string of the molecule is CCC(=O)Nc1cccc(C(=O)Nc2ccccc2C(C)CC)c1. The zero-order chi connectivity index (χ0) is 17.5. The van der Waals surface area contributed by atoms with E-state index in [9.17, 15) is 9.59 Å². The van der Waals surface area contributed by atoms with Gasteiger partial charge in [0.15, 0.2) is 0 Å². The summed E-state index contributed by atoms with van der Waals surface area (Å²) in [5.41, 5.74) is 3.11. The lowest BCUT2D eigenvalue weighted by Crippen LogP contribution is -2.15. The number of para-hydroxylation sites is 1. The Morgan fingerprint density at radius 1 is 1.00 bits per heavy atom. The van der Waals surface area contributed by atoms with Crippen molar-refractivity contribution in [2.24, 2.45) is 0 Å². The smallest absolute Gasteiger partial charge is 0.255 e. The molecule has 126 valence electrons. The lowest BCUT2D eigenvalue weighted by molar-refractivity contribution is -0.115. The highest BCUT2D eigenvalue weighted by molar-refractivity contribution is 6.05. The van der Waals surface area contributed by atoms with Gasteiger partial charge >= 0.3 is 0 Å². The quantitative estimate of drug-likeness (QED) is 0.802. The van der Waals surface area contributed by atoms with Crippen LogP contribution in [0.1, 0.15) is 55.5 Å². The van der Waals surface area contributed by atoms with Gasteiger partial charge < -0.3 is 10.6 Å². The van der Waals surface area contributed by atoms with Gasteiger partial charge in [-0.3, -0.25) is 9.59 Å². The van der Waals surface area contributed by atoms with E-state index in [1.807, 2.05) is 24.3 Å². The van der Waals surface area contributed by atoms with E-state index >= 15 is 0 Å². The molecule has 2 rings (SSSR count). The molecule has 0 aliphatic rings. The Balaban J connectivity index is 2.19. The van der Waals surface area contributed by atoms with Crippen molar-refractivity contribution in [1.29, 1.82) is 0 Å². The molecule has 2 amide bonds. The van der Waals surface area contributed by atoms with Crippen molar-refractivity contribution in [3.05, 3.63) is 59.7 Å². The summed E-state index contributed by atoms with van der Waals surface area (Å²) in [5.74, 6) is 0.115. The number of hydrogen-bond donors (Lipinski definition) is 2. The van der Waals surface area contributed by atoms with Crippen LogP contribution in [-0.2, 0) is 4.79 Å². The number of carbonyl (C=O) groups is 2. The van der Waals surface area contributed by atoms with Gasteiger partial charge in [0, 0.05) is 23.4 Å². The highest BCUT2D eigenvalue weighted by Crippen LogP contribution is 2.27. The van der Waals surface area contributed by atoms with E-state index in [2.05, 4.69) is 24.5 Å². The summed E-state index contributed by atoms with van der Waals surface area (Å²) in [7, 11) is 0. The van der Waals surface area contributed by atoms with E-state index < -0.39 is 0 Å². The van der Waals surface area contributed by atoms with Gasteiger partial charge in [-0.05, 0) is 42.2 Å². The molecule has 2 N–H and O–H groups in total. The van der Waals surface area contributed by atoms with Gasteiger partial charge in [0.2, 0.25) is 5.91 Å². The molecule has 4 nitrogen and oxygen atoms in total. The highest BCUT2D eigenvalue weighted by atomic mass is 16.2. The number of anilines is 2. The van der Waals surface area contributed by atoms with Crippen molar-refractivity contribution in [2.45, 2.75) is 39.5 Å². The molecule has 2 aromatic rings. The van der Waals surface area contributed by atoms with E-state index in [1.54, 1.807) is 31.2 Å². The Morgan fingerprint density at radius 3 is 2.46 bits per heavy atom. The first-order valence-electron chi connectivity index (χ1n) is 8.35. The Labute approximate surface area is 143 Å². The van der Waals surface area contributed by atoms with Crippen LogP contribution in [0.25, 0.3) is 0 Å². The molecule has 1 atom stereocenters. The van der Waals surface area contributed by atoms with Crippen LogP contribution < -0.4 is 10.6 Å². The van der Waals surface area contributed by atoms with E-state index in [4.69, 9.17) is 0 Å². The normalized spacial score (nSPS) is 11.6. The van der Waals surface area contributed by atoms with Gasteiger partial charge in [-0.1, -0.05) is 45.0 Å². The Kier molecular flexibility index (Phi) is 6.13. The van der Waals surface area contributed by atoms with Crippen LogP contribution in [0, 0.1) is 0 Å². The summed E-state index contributed by atoms with van der Waals surface area (Å²) in [6, 6.07) is 14.8. The van der Waals surface area contributed by atoms with Crippen LogP contribution in [-0.4, -0.2) is 11.8 Å². The molecule has 0 saturated carbocycles. The van der Waals surface area contributed by atoms with Crippen LogP contribution in [0.3, 0.4) is 0 Å². The van der Waals surface area contributed by atoms with Gasteiger partial charge in [-0.15, -0.1) is 0 Å². The van der Waals surface area contributed by atoms with Gasteiger partial charge in [0.05, 0.1) is 0 Å². The molecule has 0 heterocycles. The fraction of sp³-hybridized carbons (Fsp3) is 0.300. The summed E-state index contributed by atoms with van der Waals surface area (Å²) in [6.45, 7) is 6.06. The van der Waals surface area contributed by atoms with Crippen molar-refractivity contribution in [2.75, 3.05) is 10.6 Å². The van der Waals surface area contributed by atoms with Crippen molar-refractivity contribution in [3.63, 3.8) is 0 Å². The van der Waals surface area contributed by atoms with Crippen LogP contribution in [0.2, 0.25) is 0 Å². The van der Waals surface area contributed by atoms with Gasteiger partial charge in [0.25, 0.3) is 5.91 Å². The van der Waals surface area contributed by atoms with Crippen molar-refractivity contribution >= 4 is 23.2 Å². The molecule has 0 fully saturated rings. The molecular formula is C20H24N2O2. The first kappa shape index (κ1) is 17.7. The molecule has 0 aliphatic heterocycles. The van der Waals surface area contributed by atoms with Crippen LogP contribution in [0.5, 0.6) is 0 Å². The number of carbonyl (C=O) groups excluding carboxylic acids is 2. The minimum Gasteiger partial charge on any atom is -0.326 e. The fourth-order valence-corrected chi connectivity index (χ4v) is 2.44. The number of rotatable bonds is 6. The van der Waals surface area contributed by atoms with Crippen molar-refractivity contribution in [1.82, 2.24) is 0 Å². The molecular weight excluding hydrogens is 300 g/mol. The van der Waals surface area contributed by atoms with E-state index in [0.29, 0.717) is 23.6 Å². The third kappa shape index (κ3) is 4.44. The standard InChI is InChI=1S/C20H24N2O2/c1-4-14(3)17-11-6-7-12-18(17)22-20(24)15-9-8-10-16(13-15)21-19(23)5-2/h6-14H,4-5H2,1-3H3,(H,21,23)(H,22,24). The zero-order valence-corrected chi connectivity index (χ0v) is 14.4. The molecule has 0 aromatic heterocycles. The summed E-state index contributed by atoms with van der Waals surface area (Å²) < 4.78 is 0. The third-order valence-corrected chi connectivity index (χ3v) is 4.08. The molecule has 24 heavy (non-hydrogen) atoms. The molecule has 1 unspecified atom stereocenters. The number of benzene rings is 2. The Bertz CT molecular complexity index is 725. The average molecular weight is 324 g/mol. The van der Waals surface area contributed by atoms with Crippen LogP contribution >= 0.6 is 0 Å². The summed E-state index contributed by atoms with van der Waals surface area (Å²) in [6.07, 6.45) is 1.41. The van der Waals surface area contributed by atoms with E-state index in [0.717, 1.165) is 17.7 Å². The van der Waals surface area contributed by atoms with Crippen LogP contribution in [0.15, 0.2) is 48.5 Å². The number of hydrogen-bond acceptors (Lipinski definition) is 2. The molecule has 0 aliphatic carbocycles. The van der Waals surface area contributed by atoms with Gasteiger partial charge in [0.1, 0.15) is 0 Å². The fourth-order valence-electron chi connectivity index (χ4n) is 2.44. The van der Waals surface area contributed by atoms with Crippen molar-refractivity contribution < 1.29 is 9.59 Å².